The number of rotatable bonds is 14. The summed E-state index contributed by atoms with van der Waals surface area (Å²) < 4.78 is 11.7. The van der Waals surface area contributed by atoms with Crippen molar-refractivity contribution >= 4 is 44.7 Å². The molecule has 0 aliphatic carbocycles. The zero-order valence-corrected chi connectivity index (χ0v) is 22.3. The number of nitrogens with one attached hydrogen (secondary N) is 2. The number of carboxylic acids is 1. The van der Waals surface area contributed by atoms with Crippen LogP contribution in [0.5, 0.6) is 0 Å². The highest BCUT2D eigenvalue weighted by atomic mass is 32.1. The molecule has 0 saturated heterocycles. The van der Waals surface area contributed by atoms with Gasteiger partial charge in [0.05, 0.1) is 19.4 Å². The van der Waals surface area contributed by atoms with E-state index in [1.807, 2.05) is 13.1 Å². The number of ether oxygens (including phenoxy) is 1. The number of hydrogen-bond acceptors (Lipinski definition) is 7. The van der Waals surface area contributed by atoms with Gasteiger partial charge in [-0.05, 0) is 18.1 Å². The Hall–Kier alpha value is -1.59. The Bertz CT molecular complexity index is 663. The van der Waals surface area contributed by atoms with Crippen molar-refractivity contribution in [3.05, 3.63) is 0 Å². The number of aliphatic carboxylic acids is 1. The highest BCUT2D eigenvalue weighted by molar-refractivity contribution is 7.80. The molecule has 0 aliphatic heterocycles. The van der Waals surface area contributed by atoms with Crippen LogP contribution in [0.4, 0.5) is 0 Å². The van der Waals surface area contributed by atoms with Gasteiger partial charge in [-0.2, -0.15) is 12.6 Å². The summed E-state index contributed by atoms with van der Waals surface area (Å²) in [4.78, 5) is 47.4. The molecule has 2 amide bonds. The number of carbonyl (C=O) groups is 4. The van der Waals surface area contributed by atoms with Crippen molar-refractivity contribution in [1.29, 1.82) is 0 Å². The largest absolute Gasteiger partial charge is 0.481 e. The number of amides is 2. The Morgan fingerprint density at radius 3 is 2.06 bits per heavy atom. The molecule has 186 valence electrons. The third kappa shape index (κ3) is 11.3. The molecular formula is C21H40N2O7SSi. The third-order valence-corrected chi connectivity index (χ3v) is 10.1. The molecule has 0 spiro atoms. The van der Waals surface area contributed by atoms with E-state index in [0.29, 0.717) is 12.3 Å². The maximum absolute atomic E-state index is 13.1. The van der Waals surface area contributed by atoms with Crippen LogP contribution < -0.4 is 10.6 Å². The molecule has 1 atom stereocenters. The van der Waals surface area contributed by atoms with Crippen LogP contribution in [-0.2, 0) is 28.3 Å². The Morgan fingerprint density at radius 1 is 0.969 bits per heavy atom. The fourth-order valence-corrected chi connectivity index (χ4v) is 3.82. The number of carbonyl (C=O) groups excluding carboxylic acids is 3. The molecule has 32 heavy (non-hydrogen) atoms. The van der Waals surface area contributed by atoms with Crippen molar-refractivity contribution in [2.24, 2.45) is 5.41 Å². The fraction of sp³-hybridized carbons (Fsp3) is 0.810. The lowest BCUT2D eigenvalue weighted by Crippen LogP contribution is -2.55. The second-order valence-corrected chi connectivity index (χ2v) is 15.1. The van der Waals surface area contributed by atoms with E-state index in [1.54, 1.807) is 13.8 Å². The highest BCUT2D eigenvalue weighted by Gasteiger charge is 2.46. The van der Waals surface area contributed by atoms with Gasteiger partial charge in [0.15, 0.2) is 8.32 Å². The predicted molar refractivity (Wildman–Crippen MR) is 128 cm³/mol. The molecule has 0 aromatic carbocycles. The minimum absolute atomic E-state index is 0.111. The van der Waals surface area contributed by atoms with E-state index in [2.05, 4.69) is 44.0 Å². The van der Waals surface area contributed by atoms with E-state index in [4.69, 9.17) is 14.3 Å². The second-order valence-electron chi connectivity index (χ2n) is 9.92. The van der Waals surface area contributed by atoms with Crippen molar-refractivity contribution in [3.8, 4) is 0 Å². The normalized spacial score (nSPS) is 13.2. The van der Waals surface area contributed by atoms with Gasteiger partial charge in [-0.3, -0.25) is 19.2 Å². The average molecular weight is 493 g/mol. The molecule has 0 aromatic rings. The first-order valence-electron chi connectivity index (χ1n) is 10.7. The van der Waals surface area contributed by atoms with Crippen molar-refractivity contribution < 1.29 is 33.4 Å². The number of hydrogen-bond donors (Lipinski definition) is 4. The first kappa shape index (κ1) is 30.4. The molecule has 0 radical (unpaired) electrons. The summed E-state index contributed by atoms with van der Waals surface area (Å²) in [5.74, 6) is -1.78. The summed E-state index contributed by atoms with van der Waals surface area (Å²) >= 11 is 4.04. The first-order valence-corrected chi connectivity index (χ1v) is 14.3. The van der Waals surface area contributed by atoms with Crippen LogP contribution in [0.2, 0.25) is 18.1 Å². The van der Waals surface area contributed by atoms with E-state index >= 15 is 0 Å². The maximum Gasteiger partial charge on any atom is 0.306 e. The zero-order valence-electron chi connectivity index (χ0n) is 20.4. The van der Waals surface area contributed by atoms with Crippen LogP contribution in [0.3, 0.4) is 0 Å². The topological polar surface area (TPSA) is 131 Å². The van der Waals surface area contributed by atoms with Crippen LogP contribution in [0, 0.1) is 5.41 Å². The van der Waals surface area contributed by atoms with Crippen LogP contribution in [0.25, 0.3) is 0 Å². The molecule has 0 rings (SSSR count). The van der Waals surface area contributed by atoms with Crippen molar-refractivity contribution in [3.63, 3.8) is 0 Å². The van der Waals surface area contributed by atoms with Crippen molar-refractivity contribution in [2.45, 2.75) is 78.1 Å². The fourth-order valence-electron chi connectivity index (χ4n) is 2.34. The van der Waals surface area contributed by atoms with Crippen LogP contribution in [0.1, 0.15) is 53.9 Å². The van der Waals surface area contributed by atoms with Crippen LogP contribution in [-0.4, -0.2) is 68.7 Å². The zero-order chi connectivity index (χ0) is 25.2. The molecule has 0 fully saturated rings. The molecule has 0 saturated carbocycles. The summed E-state index contributed by atoms with van der Waals surface area (Å²) in [5.41, 5.74) is -0.882. The van der Waals surface area contributed by atoms with Gasteiger partial charge in [-0.15, -0.1) is 0 Å². The Balaban J connectivity index is 5.31. The van der Waals surface area contributed by atoms with E-state index in [1.165, 1.54) is 0 Å². The number of esters is 1. The summed E-state index contributed by atoms with van der Waals surface area (Å²) in [7, 11) is -2.37. The van der Waals surface area contributed by atoms with E-state index < -0.39 is 31.8 Å². The number of carboxylic acid groups (broad SMARTS) is 1. The Kier molecular flexibility index (Phi) is 12.5. The van der Waals surface area contributed by atoms with Crippen molar-refractivity contribution in [2.75, 3.05) is 25.4 Å². The maximum atomic E-state index is 13.1. The van der Waals surface area contributed by atoms with Gasteiger partial charge in [0.25, 0.3) is 0 Å². The molecule has 3 N–H and O–H groups in total. The third-order valence-electron chi connectivity index (χ3n) is 5.40. The van der Waals surface area contributed by atoms with Gasteiger partial charge < -0.3 is 24.9 Å². The molecule has 0 unspecified atom stereocenters. The van der Waals surface area contributed by atoms with Gasteiger partial charge in [-0.25, -0.2) is 0 Å². The molecule has 11 heteroatoms. The monoisotopic (exact) mass is 492 g/mol. The Morgan fingerprint density at radius 2 is 1.56 bits per heavy atom. The van der Waals surface area contributed by atoms with Gasteiger partial charge >= 0.3 is 11.9 Å². The molecule has 9 nitrogen and oxygen atoms in total. The lowest BCUT2D eigenvalue weighted by atomic mass is 9.87. The van der Waals surface area contributed by atoms with Gasteiger partial charge in [0, 0.05) is 30.7 Å². The molecule has 0 bridgehead atoms. The van der Waals surface area contributed by atoms with E-state index in [-0.39, 0.29) is 49.3 Å². The van der Waals surface area contributed by atoms with E-state index in [9.17, 15) is 19.2 Å². The van der Waals surface area contributed by atoms with Crippen LogP contribution in [0.15, 0.2) is 0 Å². The first-order chi connectivity index (χ1) is 14.5. The number of thiol groups is 1. The van der Waals surface area contributed by atoms with E-state index in [0.717, 1.165) is 0 Å². The molecule has 0 heterocycles. The Labute approximate surface area is 197 Å². The second kappa shape index (κ2) is 13.2. The standard InChI is InChI=1S/C21H40N2O7SSi/c1-20(2,3)32(6,7)30-18(19(28)23-11-10-15(24)22-12-13-31)21(4,5)14-29-17(27)9-8-16(25)26/h18,31H,8-14H2,1-7H3,(H,22,24)(H,23,28)(H,25,26)/t18-/m0/s1. The minimum Gasteiger partial charge on any atom is -0.481 e. The lowest BCUT2D eigenvalue weighted by Gasteiger charge is -2.43. The quantitative estimate of drug-likeness (QED) is 0.166. The average Bonchev–Trinajstić information content (AvgIpc) is 2.66. The van der Waals surface area contributed by atoms with Gasteiger partial charge in [0.2, 0.25) is 11.8 Å². The van der Waals surface area contributed by atoms with Gasteiger partial charge in [-0.1, -0.05) is 34.6 Å². The molecule has 0 aromatic heterocycles. The summed E-state index contributed by atoms with van der Waals surface area (Å²) in [6.07, 6.45) is -1.36. The smallest absolute Gasteiger partial charge is 0.306 e. The predicted octanol–water partition coefficient (Wildman–Crippen LogP) is 2.36. The SMILES string of the molecule is CC(C)(COC(=O)CCC(=O)O)[C@@H](O[Si](C)(C)C(C)(C)C)C(=O)NCCC(=O)NCCS. The molecule has 0 aliphatic rings. The summed E-state index contributed by atoms with van der Waals surface area (Å²) in [6.45, 7) is 14.2. The molecular weight excluding hydrogens is 452 g/mol. The van der Waals surface area contributed by atoms with Crippen LogP contribution >= 0.6 is 12.6 Å². The van der Waals surface area contributed by atoms with Crippen molar-refractivity contribution in [1.82, 2.24) is 10.6 Å². The lowest BCUT2D eigenvalue weighted by molar-refractivity contribution is -0.154. The van der Waals surface area contributed by atoms with Gasteiger partial charge in [0.1, 0.15) is 6.10 Å². The summed E-state index contributed by atoms with van der Waals surface area (Å²) in [5, 5.41) is 14.0. The highest BCUT2D eigenvalue weighted by Crippen LogP contribution is 2.40. The summed E-state index contributed by atoms with van der Waals surface area (Å²) in [6, 6.07) is 0. The minimum atomic E-state index is -2.37.